The quantitative estimate of drug-likeness (QED) is 0.548. The average Bonchev–Trinajstić information content (AvgIpc) is 2.16. The van der Waals surface area contributed by atoms with E-state index >= 15 is 0 Å². The summed E-state index contributed by atoms with van der Waals surface area (Å²) in [7, 11) is 5.55. The zero-order valence-corrected chi connectivity index (χ0v) is 8.49. The van der Waals surface area contributed by atoms with Gasteiger partial charge in [-0.2, -0.15) is 0 Å². The minimum absolute atomic E-state index is 0.742. The van der Waals surface area contributed by atoms with Crippen LogP contribution >= 0.6 is 0 Å². The molecule has 0 aliphatic heterocycles. The summed E-state index contributed by atoms with van der Waals surface area (Å²) in [6, 6.07) is 7.37. The number of nitrogens with zero attached hydrogens (tertiary/aromatic N) is 1. The Morgan fingerprint density at radius 2 is 1.86 bits per heavy atom. The topological polar surface area (TPSA) is 38.4 Å². The van der Waals surface area contributed by atoms with Crippen LogP contribution < -0.4 is 11.2 Å². The van der Waals surface area contributed by atoms with Gasteiger partial charge in [0.25, 0.3) is 0 Å². The Kier molecular flexibility index (Phi) is 3.51. The van der Waals surface area contributed by atoms with E-state index in [2.05, 4.69) is 4.99 Å². The molecular formula is C11H13BN2. The minimum atomic E-state index is 0.742. The van der Waals surface area contributed by atoms with E-state index in [1.165, 1.54) is 0 Å². The summed E-state index contributed by atoms with van der Waals surface area (Å²) in [6.45, 7) is 3.78. The number of hydrogen-bond acceptors (Lipinski definition) is 2. The first-order valence-electron chi connectivity index (χ1n) is 4.42. The largest absolute Gasteiger partial charge is 0.402 e. The molecule has 1 aromatic rings. The van der Waals surface area contributed by atoms with Crippen LogP contribution in [0, 0.1) is 0 Å². The van der Waals surface area contributed by atoms with E-state index < -0.39 is 0 Å². The summed E-state index contributed by atoms with van der Waals surface area (Å²) in [5, 5.41) is 0. The molecule has 0 bridgehead atoms. The lowest BCUT2D eigenvalue weighted by atomic mass is 9.96. The third-order valence-electron chi connectivity index (χ3n) is 1.92. The van der Waals surface area contributed by atoms with E-state index in [0.29, 0.717) is 0 Å². The summed E-state index contributed by atoms with van der Waals surface area (Å²) >= 11 is 0. The highest BCUT2D eigenvalue weighted by atomic mass is 14.7. The van der Waals surface area contributed by atoms with Crippen molar-refractivity contribution in [2.45, 2.75) is 13.8 Å². The van der Waals surface area contributed by atoms with Gasteiger partial charge in [0.2, 0.25) is 0 Å². The molecule has 0 saturated carbocycles. The Labute approximate surface area is 86.0 Å². The first-order valence-corrected chi connectivity index (χ1v) is 4.42. The summed E-state index contributed by atoms with van der Waals surface area (Å²) in [4.78, 5) is 4.25. The summed E-state index contributed by atoms with van der Waals surface area (Å²) < 4.78 is 0. The molecule has 2 radical (unpaired) electrons. The van der Waals surface area contributed by atoms with E-state index in [-0.39, 0.29) is 0 Å². The predicted molar refractivity (Wildman–Crippen MR) is 62.5 cm³/mol. The molecule has 14 heavy (non-hydrogen) atoms. The molecule has 0 atom stereocenters. The number of nitrogens with two attached hydrogens (primary N) is 1. The maximum Gasteiger partial charge on any atom is 0.113 e. The standard InChI is InChI=1S/C11H13BN2/c1-8(9(2)13)7-14-11-5-3-10(12)4-6-11/h3-7H,13H2,1-2H3/b9-8-,14-7?. The normalized spacial score (nSPS) is 13.0. The van der Waals surface area contributed by atoms with Crippen molar-refractivity contribution in [1.29, 1.82) is 0 Å². The van der Waals surface area contributed by atoms with Crippen molar-refractivity contribution in [1.82, 2.24) is 0 Å². The Morgan fingerprint density at radius 3 is 2.36 bits per heavy atom. The number of benzene rings is 1. The van der Waals surface area contributed by atoms with E-state index in [9.17, 15) is 0 Å². The maximum atomic E-state index is 5.59. The smallest absolute Gasteiger partial charge is 0.113 e. The van der Waals surface area contributed by atoms with Crippen molar-refractivity contribution in [3.05, 3.63) is 35.5 Å². The number of rotatable bonds is 2. The summed E-state index contributed by atoms with van der Waals surface area (Å²) in [6.07, 6.45) is 1.75. The van der Waals surface area contributed by atoms with Gasteiger partial charge in [-0.15, -0.1) is 0 Å². The molecule has 0 heterocycles. The molecule has 1 rings (SSSR count). The average molecular weight is 184 g/mol. The van der Waals surface area contributed by atoms with Gasteiger partial charge in [0.05, 0.1) is 5.69 Å². The molecule has 2 N–H and O–H groups in total. The minimum Gasteiger partial charge on any atom is -0.402 e. The van der Waals surface area contributed by atoms with Gasteiger partial charge in [-0.25, -0.2) is 0 Å². The Morgan fingerprint density at radius 1 is 1.29 bits per heavy atom. The Balaban J connectivity index is 2.79. The number of allylic oxidation sites excluding steroid dienone is 2. The first kappa shape index (κ1) is 10.6. The van der Waals surface area contributed by atoms with Crippen LogP contribution in [0.5, 0.6) is 0 Å². The van der Waals surface area contributed by atoms with Gasteiger partial charge in [0.1, 0.15) is 7.85 Å². The van der Waals surface area contributed by atoms with Gasteiger partial charge in [-0.3, -0.25) is 4.99 Å². The fraction of sp³-hybridized carbons (Fsp3) is 0.182. The molecule has 70 valence electrons. The highest BCUT2D eigenvalue weighted by Crippen LogP contribution is 2.08. The van der Waals surface area contributed by atoms with Gasteiger partial charge in [0, 0.05) is 11.9 Å². The molecule has 3 heteroatoms. The number of aliphatic imine (C=N–C) groups is 1. The van der Waals surface area contributed by atoms with Crippen LogP contribution in [0.2, 0.25) is 0 Å². The molecule has 0 aromatic heterocycles. The third-order valence-corrected chi connectivity index (χ3v) is 1.92. The van der Waals surface area contributed by atoms with Gasteiger partial charge in [0.15, 0.2) is 0 Å². The second-order valence-corrected chi connectivity index (χ2v) is 3.22. The van der Waals surface area contributed by atoms with Gasteiger partial charge < -0.3 is 5.73 Å². The van der Waals surface area contributed by atoms with Crippen LogP contribution in [-0.4, -0.2) is 14.1 Å². The van der Waals surface area contributed by atoms with Crippen LogP contribution in [0.3, 0.4) is 0 Å². The zero-order chi connectivity index (χ0) is 10.6. The Bertz CT molecular complexity index is 359. The van der Waals surface area contributed by atoms with Crippen molar-refractivity contribution in [2.24, 2.45) is 10.7 Å². The van der Waals surface area contributed by atoms with E-state index in [4.69, 9.17) is 13.6 Å². The lowest BCUT2D eigenvalue weighted by Gasteiger charge is -1.96. The zero-order valence-electron chi connectivity index (χ0n) is 8.49. The molecule has 0 saturated heterocycles. The lowest BCUT2D eigenvalue weighted by Crippen LogP contribution is -1.98. The van der Waals surface area contributed by atoms with E-state index in [1.54, 1.807) is 6.21 Å². The molecule has 0 fully saturated rings. The molecule has 0 unspecified atom stereocenters. The highest BCUT2D eigenvalue weighted by Gasteiger charge is 1.89. The van der Waals surface area contributed by atoms with Crippen molar-refractivity contribution < 1.29 is 0 Å². The monoisotopic (exact) mass is 184 g/mol. The van der Waals surface area contributed by atoms with Crippen molar-refractivity contribution in [3.8, 4) is 0 Å². The highest BCUT2D eigenvalue weighted by molar-refractivity contribution is 6.32. The molecule has 0 aliphatic rings. The fourth-order valence-corrected chi connectivity index (χ4v) is 0.834. The Hall–Kier alpha value is -1.51. The SMILES string of the molecule is [B]c1ccc(N=C/C(C)=C(/C)N)cc1. The van der Waals surface area contributed by atoms with Crippen LogP contribution in [0.4, 0.5) is 5.69 Å². The van der Waals surface area contributed by atoms with E-state index in [1.807, 2.05) is 38.1 Å². The molecule has 0 amide bonds. The molecule has 2 nitrogen and oxygen atoms in total. The number of hydrogen-bond donors (Lipinski definition) is 1. The third kappa shape index (κ3) is 3.09. The van der Waals surface area contributed by atoms with Gasteiger partial charge >= 0.3 is 0 Å². The van der Waals surface area contributed by atoms with Crippen molar-refractivity contribution in [3.63, 3.8) is 0 Å². The van der Waals surface area contributed by atoms with Crippen LogP contribution in [0.1, 0.15) is 13.8 Å². The van der Waals surface area contributed by atoms with Gasteiger partial charge in [-0.1, -0.05) is 17.6 Å². The molecule has 0 aliphatic carbocycles. The van der Waals surface area contributed by atoms with Crippen LogP contribution in [0.25, 0.3) is 0 Å². The second-order valence-electron chi connectivity index (χ2n) is 3.22. The van der Waals surface area contributed by atoms with Crippen molar-refractivity contribution in [2.75, 3.05) is 0 Å². The molecule has 1 aromatic carbocycles. The van der Waals surface area contributed by atoms with Crippen LogP contribution in [-0.2, 0) is 0 Å². The van der Waals surface area contributed by atoms with E-state index in [0.717, 1.165) is 22.4 Å². The summed E-state index contributed by atoms with van der Waals surface area (Å²) in [5.41, 5.74) is 8.96. The molecule has 0 spiro atoms. The fourth-order valence-electron chi connectivity index (χ4n) is 0.834. The predicted octanol–water partition coefficient (Wildman–Crippen LogP) is 1.44. The molecular weight excluding hydrogens is 171 g/mol. The van der Waals surface area contributed by atoms with Gasteiger partial charge in [-0.05, 0) is 31.6 Å². The van der Waals surface area contributed by atoms with Crippen molar-refractivity contribution >= 4 is 25.2 Å². The maximum absolute atomic E-state index is 5.59. The summed E-state index contributed by atoms with van der Waals surface area (Å²) in [5.74, 6) is 0. The first-order chi connectivity index (χ1) is 6.59. The second kappa shape index (κ2) is 4.65. The van der Waals surface area contributed by atoms with Crippen LogP contribution in [0.15, 0.2) is 40.5 Å². The lowest BCUT2D eigenvalue weighted by molar-refractivity contribution is 1.26.